The standard InChI is InChI=1S/S3.S/c1-3-2;. The van der Waals surface area contributed by atoms with Gasteiger partial charge in [0.15, 0.2) is 0 Å². The smallest absolute Gasteiger partial charge is 0 e. The third-order valence-corrected chi connectivity index (χ3v) is 0. The van der Waals surface area contributed by atoms with Gasteiger partial charge in [-0.3, -0.25) is 0 Å². The third kappa shape index (κ3) is 11.9. The van der Waals surface area contributed by atoms with E-state index in [9.17, 15) is 0 Å². The summed E-state index contributed by atoms with van der Waals surface area (Å²) in [7, 11) is 0.917. The molecule has 0 spiro atoms. The van der Waals surface area contributed by atoms with Crippen LogP contribution >= 0.6 is 13.5 Å². The molecule has 0 aromatic rings. The predicted molar refractivity (Wildman–Crippen MR) is 29.7 cm³/mol. The van der Waals surface area contributed by atoms with Gasteiger partial charge >= 0.3 is 0 Å². The number of hydrogen-bond acceptors (Lipinski definition) is 2. The summed E-state index contributed by atoms with van der Waals surface area (Å²) in [5.74, 6) is 0. The van der Waals surface area contributed by atoms with Gasteiger partial charge < -0.3 is 0 Å². The Balaban J connectivity index is 0. The Bertz CT molecular complexity index is 21.0. The fourth-order valence-electron chi connectivity index (χ4n) is 0. The highest BCUT2D eigenvalue weighted by molar-refractivity contribution is 8.37. The molecule has 0 rings (SSSR count). The average Bonchev–Trinajstić information content (AvgIpc) is 0.918. The van der Waals surface area contributed by atoms with E-state index in [1.165, 1.54) is 0 Å². The summed E-state index contributed by atoms with van der Waals surface area (Å²) >= 11 is 8.25. The van der Waals surface area contributed by atoms with Crippen molar-refractivity contribution >= 4 is 44.8 Å². The molecule has 2 radical (unpaired) electrons. The molecular weight excluding hydrogens is 128 g/mol. The molecule has 0 nitrogen and oxygen atoms in total. The molecule has 0 atom stereocenters. The van der Waals surface area contributed by atoms with E-state index in [0.717, 1.165) is 8.88 Å². The first-order valence-corrected chi connectivity index (χ1v) is 3.00. The van der Waals surface area contributed by atoms with Gasteiger partial charge in [-0.05, 0) is 0 Å². The van der Waals surface area contributed by atoms with Crippen molar-refractivity contribution in [1.29, 1.82) is 0 Å². The number of rotatable bonds is 0. The van der Waals surface area contributed by atoms with Crippen LogP contribution in [0.1, 0.15) is 0 Å². The van der Waals surface area contributed by atoms with E-state index in [1.54, 1.807) is 0 Å². The molecule has 0 aliphatic heterocycles. The van der Waals surface area contributed by atoms with Crippen molar-refractivity contribution in [1.82, 2.24) is 0 Å². The molecule has 0 fully saturated rings. The van der Waals surface area contributed by atoms with Crippen LogP contribution in [0.3, 0.4) is 0 Å². The summed E-state index contributed by atoms with van der Waals surface area (Å²) < 4.78 is 0. The third-order valence-electron chi connectivity index (χ3n) is 0. The lowest BCUT2D eigenvalue weighted by Crippen LogP contribution is -1.00. The van der Waals surface area contributed by atoms with E-state index >= 15 is 0 Å². The molecule has 0 bridgehead atoms. The SMILES string of the molecule is S=S=S.[S]. The minimum atomic E-state index is 0. The molecule has 0 N–H and O–H groups in total. The van der Waals surface area contributed by atoms with E-state index < -0.39 is 0 Å². The molecular formula is S4. The van der Waals surface area contributed by atoms with Crippen molar-refractivity contribution in [2.45, 2.75) is 0 Å². The van der Waals surface area contributed by atoms with E-state index in [-0.39, 0.29) is 13.5 Å². The normalized spacial score (nSPS) is 3.00. The van der Waals surface area contributed by atoms with Crippen molar-refractivity contribution in [3.05, 3.63) is 0 Å². The fourth-order valence-corrected chi connectivity index (χ4v) is 0. The van der Waals surface area contributed by atoms with Gasteiger partial charge in [0, 0.05) is 44.8 Å². The van der Waals surface area contributed by atoms with Gasteiger partial charge in [-0.25, -0.2) is 0 Å². The van der Waals surface area contributed by atoms with Crippen LogP contribution < -0.4 is 0 Å². The first-order valence-electron chi connectivity index (χ1n) is 0.333. The Morgan fingerprint density at radius 2 is 1.25 bits per heavy atom. The summed E-state index contributed by atoms with van der Waals surface area (Å²) in [4.78, 5) is 0. The van der Waals surface area contributed by atoms with Gasteiger partial charge in [-0.15, -0.1) is 0 Å². The highest BCUT2D eigenvalue weighted by atomic mass is 33.1. The van der Waals surface area contributed by atoms with Crippen LogP contribution in [0.5, 0.6) is 0 Å². The maximum Gasteiger partial charge on any atom is 0 e. The van der Waals surface area contributed by atoms with Gasteiger partial charge in [-0.2, -0.15) is 0 Å². The Hall–Kier alpha value is 1.01. The van der Waals surface area contributed by atoms with Crippen molar-refractivity contribution in [2.24, 2.45) is 0 Å². The molecule has 4 heavy (non-hydrogen) atoms. The molecule has 0 aromatic carbocycles. The molecule has 0 aromatic heterocycles. The van der Waals surface area contributed by atoms with Crippen LogP contribution in [-0.4, -0.2) is 0 Å². The second kappa shape index (κ2) is 8.99. The van der Waals surface area contributed by atoms with Crippen LogP contribution in [0.4, 0.5) is 0 Å². The summed E-state index contributed by atoms with van der Waals surface area (Å²) in [5.41, 5.74) is 0. The second-order valence-electron chi connectivity index (χ2n) is 0.0680. The topological polar surface area (TPSA) is 0 Å². The Morgan fingerprint density at radius 3 is 1.25 bits per heavy atom. The first kappa shape index (κ1) is 8.89. The van der Waals surface area contributed by atoms with Gasteiger partial charge in [0.1, 0.15) is 0 Å². The van der Waals surface area contributed by atoms with Crippen LogP contribution in [-0.2, 0) is 31.3 Å². The molecule has 0 unspecified atom stereocenters. The van der Waals surface area contributed by atoms with Gasteiger partial charge in [0.2, 0.25) is 0 Å². The Morgan fingerprint density at radius 1 is 1.25 bits per heavy atom. The van der Waals surface area contributed by atoms with Crippen LogP contribution in [0, 0.1) is 0 Å². The molecule has 0 saturated carbocycles. The monoisotopic (exact) mass is 128 g/mol. The van der Waals surface area contributed by atoms with Gasteiger partial charge in [-0.1, -0.05) is 0 Å². The van der Waals surface area contributed by atoms with E-state index in [0.29, 0.717) is 0 Å². The summed E-state index contributed by atoms with van der Waals surface area (Å²) in [6, 6.07) is 0. The minimum absolute atomic E-state index is 0. The maximum atomic E-state index is 4.12. The molecule has 4 heteroatoms. The molecule has 0 saturated heterocycles. The number of hydrogen-bond donors (Lipinski definition) is 0. The quantitative estimate of drug-likeness (QED) is 0.469. The van der Waals surface area contributed by atoms with E-state index in [2.05, 4.69) is 22.4 Å². The van der Waals surface area contributed by atoms with Gasteiger partial charge in [0.25, 0.3) is 0 Å². The fraction of sp³-hybridized carbons (Fsp3) is 0. The zero-order valence-electron chi connectivity index (χ0n) is 1.63. The minimum Gasteiger partial charge on any atom is 0 e. The molecule has 0 heterocycles. The summed E-state index contributed by atoms with van der Waals surface area (Å²) in [6.07, 6.45) is 0. The predicted octanol–water partition coefficient (Wildman–Crippen LogP) is 0.641. The molecule has 0 aliphatic carbocycles. The average molecular weight is 128 g/mol. The molecule has 0 aliphatic rings. The second-order valence-corrected chi connectivity index (χ2v) is 1.84. The summed E-state index contributed by atoms with van der Waals surface area (Å²) in [6.45, 7) is 0. The van der Waals surface area contributed by atoms with Crippen LogP contribution in [0.15, 0.2) is 0 Å². The van der Waals surface area contributed by atoms with Gasteiger partial charge in [0.05, 0.1) is 0 Å². The van der Waals surface area contributed by atoms with Crippen LogP contribution in [0.2, 0.25) is 0 Å². The lowest BCUT2D eigenvalue weighted by atomic mass is 31.1. The van der Waals surface area contributed by atoms with E-state index in [4.69, 9.17) is 0 Å². The van der Waals surface area contributed by atoms with Crippen molar-refractivity contribution in [3.63, 3.8) is 0 Å². The highest BCUT2D eigenvalue weighted by Gasteiger charge is 1.00. The lowest BCUT2D eigenvalue weighted by Gasteiger charge is -1.000. The Kier molecular flexibility index (Phi) is 20.0. The van der Waals surface area contributed by atoms with Crippen molar-refractivity contribution in [2.75, 3.05) is 0 Å². The largest absolute Gasteiger partial charge is 0 e. The van der Waals surface area contributed by atoms with E-state index in [1.807, 2.05) is 0 Å². The van der Waals surface area contributed by atoms with Crippen molar-refractivity contribution < 1.29 is 0 Å². The maximum absolute atomic E-state index is 4.12. The zero-order chi connectivity index (χ0) is 2.71. The molecule has 24 valence electrons. The zero-order valence-corrected chi connectivity index (χ0v) is 4.90. The lowest BCUT2D eigenvalue weighted by molar-refractivity contribution is 6.37. The van der Waals surface area contributed by atoms with Crippen LogP contribution in [0.25, 0.3) is 0 Å². The highest BCUT2D eigenvalue weighted by Crippen LogP contribution is 0.998. The summed E-state index contributed by atoms with van der Waals surface area (Å²) in [5, 5.41) is 0. The molecule has 0 amide bonds. The first-order chi connectivity index (χ1) is 1.41. The van der Waals surface area contributed by atoms with Crippen molar-refractivity contribution in [3.8, 4) is 0 Å². The Labute approximate surface area is 44.9 Å².